The Kier molecular flexibility index (Phi) is 14.8. The van der Waals surface area contributed by atoms with Crippen LogP contribution in [0.1, 0.15) is 70.8 Å². The molecule has 1 atom stereocenters. The number of hydrogen-bond donors (Lipinski definition) is 0. The molecule has 0 aliphatic rings. The Morgan fingerprint density at radius 1 is 0.889 bits per heavy atom. The third-order valence-electron chi connectivity index (χ3n) is 4.53. The molecular weight excluding hydrogens is 336 g/mol. The van der Waals surface area contributed by atoms with Crippen LogP contribution in [0.3, 0.4) is 0 Å². The first-order valence-electron chi connectivity index (χ1n) is 10.8. The molecule has 0 spiro atoms. The normalized spacial score (nSPS) is 12.1. The van der Waals surface area contributed by atoms with E-state index in [4.69, 9.17) is 14.2 Å². The summed E-state index contributed by atoms with van der Waals surface area (Å²) < 4.78 is 17.2. The zero-order valence-electron chi connectivity index (χ0n) is 17.6. The summed E-state index contributed by atoms with van der Waals surface area (Å²) in [5.41, 5.74) is 1.39. The highest BCUT2D eigenvalue weighted by Crippen LogP contribution is 2.16. The van der Waals surface area contributed by atoms with E-state index in [0.29, 0.717) is 19.8 Å². The number of ether oxygens (including phenoxy) is 3. The van der Waals surface area contributed by atoms with Gasteiger partial charge in [0.05, 0.1) is 13.2 Å². The molecule has 0 saturated heterocycles. The lowest BCUT2D eigenvalue weighted by molar-refractivity contribution is -0.0317. The van der Waals surface area contributed by atoms with E-state index < -0.39 is 0 Å². The summed E-state index contributed by atoms with van der Waals surface area (Å²) >= 11 is 0. The summed E-state index contributed by atoms with van der Waals surface area (Å²) in [6.07, 6.45) is 13.3. The Balaban J connectivity index is 2.25. The maximum Gasteiger partial charge on any atom is 0.119 e. The van der Waals surface area contributed by atoms with Crippen molar-refractivity contribution in [3.05, 3.63) is 42.5 Å². The fourth-order valence-electron chi connectivity index (χ4n) is 2.94. The lowest BCUT2D eigenvalue weighted by Crippen LogP contribution is -2.27. The van der Waals surface area contributed by atoms with Gasteiger partial charge in [0.2, 0.25) is 0 Å². The average Bonchev–Trinajstić information content (AvgIpc) is 2.70. The highest BCUT2D eigenvalue weighted by atomic mass is 16.6. The van der Waals surface area contributed by atoms with Crippen LogP contribution < -0.4 is 4.74 Å². The third kappa shape index (κ3) is 12.6. The molecule has 0 heterocycles. The van der Waals surface area contributed by atoms with Crippen LogP contribution >= 0.6 is 0 Å². The molecule has 0 aromatic heterocycles. The Morgan fingerprint density at radius 3 is 2.26 bits per heavy atom. The summed E-state index contributed by atoms with van der Waals surface area (Å²) in [5, 5.41) is 0. The van der Waals surface area contributed by atoms with Crippen LogP contribution in [0.2, 0.25) is 0 Å². The van der Waals surface area contributed by atoms with Crippen LogP contribution in [-0.2, 0) is 15.9 Å². The Hall–Kier alpha value is -1.32. The Bertz CT molecular complexity index is 455. The van der Waals surface area contributed by atoms with Crippen molar-refractivity contribution < 1.29 is 14.2 Å². The molecule has 1 unspecified atom stereocenters. The molecular formula is C24H40O3. The van der Waals surface area contributed by atoms with Gasteiger partial charge in [-0.05, 0) is 37.0 Å². The van der Waals surface area contributed by atoms with Crippen LogP contribution in [0.4, 0.5) is 0 Å². The second kappa shape index (κ2) is 16.8. The van der Waals surface area contributed by atoms with Crippen LogP contribution in [0.5, 0.6) is 5.75 Å². The molecule has 0 amide bonds. The molecule has 1 rings (SSSR count). The highest BCUT2D eigenvalue weighted by molar-refractivity contribution is 5.27. The Morgan fingerprint density at radius 2 is 1.59 bits per heavy atom. The molecule has 1 aromatic rings. The second-order valence-corrected chi connectivity index (χ2v) is 7.15. The van der Waals surface area contributed by atoms with Crippen molar-refractivity contribution in [2.24, 2.45) is 0 Å². The van der Waals surface area contributed by atoms with Gasteiger partial charge in [0.15, 0.2) is 0 Å². The molecule has 0 radical (unpaired) electrons. The van der Waals surface area contributed by atoms with Crippen LogP contribution in [0.25, 0.3) is 0 Å². The summed E-state index contributed by atoms with van der Waals surface area (Å²) in [6, 6.07) is 8.50. The van der Waals surface area contributed by atoms with E-state index >= 15 is 0 Å². The summed E-state index contributed by atoms with van der Waals surface area (Å²) in [5.74, 6) is 0.895. The van der Waals surface area contributed by atoms with Crippen molar-refractivity contribution in [2.45, 2.75) is 77.7 Å². The number of hydrogen-bond acceptors (Lipinski definition) is 3. The van der Waals surface area contributed by atoms with E-state index in [1.807, 2.05) is 0 Å². The third-order valence-corrected chi connectivity index (χ3v) is 4.53. The molecule has 0 bridgehead atoms. The van der Waals surface area contributed by atoms with Gasteiger partial charge in [-0.15, -0.1) is 6.58 Å². The van der Waals surface area contributed by atoms with Gasteiger partial charge in [-0.3, -0.25) is 0 Å². The molecule has 0 N–H and O–H groups in total. The van der Waals surface area contributed by atoms with Crippen molar-refractivity contribution in [3.8, 4) is 5.75 Å². The monoisotopic (exact) mass is 376 g/mol. The quantitative estimate of drug-likeness (QED) is 0.220. The highest BCUT2D eigenvalue weighted by Gasteiger charge is 2.10. The van der Waals surface area contributed by atoms with Gasteiger partial charge in [0.25, 0.3) is 0 Å². The van der Waals surface area contributed by atoms with Gasteiger partial charge in [0.1, 0.15) is 18.5 Å². The molecule has 0 aliphatic heterocycles. The maximum absolute atomic E-state index is 5.90. The molecule has 154 valence electrons. The number of rotatable bonds is 18. The molecule has 1 aromatic carbocycles. The summed E-state index contributed by atoms with van der Waals surface area (Å²) in [4.78, 5) is 0. The van der Waals surface area contributed by atoms with Crippen molar-refractivity contribution in [3.63, 3.8) is 0 Å². The van der Waals surface area contributed by atoms with E-state index in [-0.39, 0.29) is 6.10 Å². The topological polar surface area (TPSA) is 27.7 Å². The largest absolute Gasteiger partial charge is 0.491 e. The molecule has 3 nitrogen and oxygen atoms in total. The van der Waals surface area contributed by atoms with Gasteiger partial charge in [-0.1, -0.05) is 70.6 Å². The standard InChI is InChI=1S/C24H40O3/c1-4-7-8-9-10-11-12-13-22-14-16-23(17-15-22)27-21-24(26-19-6-3)20-25-18-5-2/h5,14-17,24H,2,4,6-13,18-21H2,1,3H3. The molecule has 0 fully saturated rings. The van der Waals surface area contributed by atoms with Crippen LogP contribution in [0.15, 0.2) is 36.9 Å². The van der Waals surface area contributed by atoms with E-state index in [1.165, 1.54) is 50.5 Å². The first-order valence-corrected chi connectivity index (χ1v) is 10.8. The van der Waals surface area contributed by atoms with Crippen LogP contribution in [0, 0.1) is 0 Å². The van der Waals surface area contributed by atoms with E-state index in [9.17, 15) is 0 Å². The minimum absolute atomic E-state index is 0.0442. The van der Waals surface area contributed by atoms with E-state index in [0.717, 1.165) is 25.2 Å². The van der Waals surface area contributed by atoms with Crippen LogP contribution in [-0.4, -0.2) is 32.5 Å². The smallest absolute Gasteiger partial charge is 0.119 e. The number of benzene rings is 1. The zero-order valence-corrected chi connectivity index (χ0v) is 17.6. The van der Waals surface area contributed by atoms with Crippen molar-refractivity contribution in [1.82, 2.24) is 0 Å². The van der Waals surface area contributed by atoms with Gasteiger partial charge in [-0.2, -0.15) is 0 Å². The molecule has 0 saturated carbocycles. The van der Waals surface area contributed by atoms with Crippen molar-refractivity contribution >= 4 is 0 Å². The molecule has 3 heteroatoms. The van der Waals surface area contributed by atoms with Gasteiger partial charge in [-0.25, -0.2) is 0 Å². The lowest BCUT2D eigenvalue weighted by Gasteiger charge is -2.18. The first-order chi connectivity index (χ1) is 13.3. The van der Waals surface area contributed by atoms with Gasteiger partial charge >= 0.3 is 0 Å². The van der Waals surface area contributed by atoms with Crippen molar-refractivity contribution in [2.75, 3.05) is 26.4 Å². The number of unbranched alkanes of at least 4 members (excludes halogenated alkanes) is 6. The molecule has 0 aliphatic carbocycles. The summed E-state index contributed by atoms with van der Waals surface area (Å²) in [7, 11) is 0. The first kappa shape index (κ1) is 23.7. The van der Waals surface area contributed by atoms with Gasteiger partial charge in [0, 0.05) is 6.61 Å². The lowest BCUT2D eigenvalue weighted by atomic mass is 10.0. The summed E-state index contributed by atoms with van der Waals surface area (Å²) in [6.45, 7) is 10.3. The second-order valence-electron chi connectivity index (χ2n) is 7.15. The minimum Gasteiger partial charge on any atom is -0.491 e. The fourth-order valence-corrected chi connectivity index (χ4v) is 2.94. The maximum atomic E-state index is 5.90. The predicted molar refractivity (Wildman–Crippen MR) is 115 cm³/mol. The van der Waals surface area contributed by atoms with Crippen molar-refractivity contribution in [1.29, 1.82) is 0 Å². The van der Waals surface area contributed by atoms with E-state index in [1.54, 1.807) is 6.08 Å². The fraction of sp³-hybridized carbons (Fsp3) is 0.667. The van der Waals surface area contributed by atoms with Gasteiger partial charge < -0.3 is 14.2 Å². The molecule has 27 heavy (non-hydrogen) atoms. The number of aryl methyl sites for hydroxylation is 1. The zero-order chi connectivity index (χ0) is 19.6. The average molecular weight is 377 g/mol. The minimum atomic E-state index is -0.0442. The SMILES string of the molecule is C=CCOCC(COc1ccc(CCCCCCCCC)cc1)OCCC. The van der Waals surface area contributed by atoms with E-state index in [2.05, 4.69) is 44.7 Å². The Labute approximate surface area is 167 Å². The predicted octanol–water partition coefficient (Wildman–Crippen LogP) is 6.36.